The predicted molar refractivity (Wildman–Crippen MR) is 92.2 cm³/mol. The van der Waals surface area contributed by atoms with Gasteiger partial charge in [0.2, 0.25) is 0 Å². The number of hydrogen-bond acceptors (Lipinski definition) is 6. The third-order valence-corrected chi connectivity index (χ3v) is 4.58. The number of benzene rings is 1. The van der Waals surface area contributed by atoms with E-state index in [-0.39, 0.29) is 22.9 Å². The lowest BCUT2D eigenvalue weighted by Gasteiger charge is -2.29. The van der Waals surface area contributed by atoms with Crippen molar-refractivity contribution >= 4 is 17.7 Å². The fourth-order valence-electron chi connectivity index (χ4n) is 3.07. The summed E-state index contributed by atoms with van der Waals surface area (Å²) in [6, 6.07) is 4.11. The zero-order valence-corrected chi connectivity index (χ0v) is 14.7. The number of rotatable bonds is 5. The molecule has 2 rings (SSSR count). The summed E-state index contributed by atoms with van der Waals surface area (Å²) >= 11 is 0. The summed E-state index contributed by atoms with van der Waals surface area (Å²) in [5, 5.41) is 35.0. The highest BCUT2D eigenvalue weighted by Crippen LogP contribution is 2.35. The maximum absolute atomic E-state index is 12.4. The standard InChI is InChI=1S/C18H21N3O5/c1-11-5-3-4-6-14(11)20-18(23)13(10-19)7-12-8-15(21(24)25)17(22)16(9-12)26-2/h7-9,11,14,22H,3-6H2,1-2H3,(H,20,23)/p-1/b13-7+/t11-,14-/m0/s1. The molecular formula is C18H20N3O5-. The Morgan fingerprint density at radius 3 is 2.69 bits per heavy atom. The van der Waals surface area contributed by atoms with Crippen LogP contribution in [0.2, 0.25) is 0 Å². The van der Waals surface area contributed by atoms with Crippen LogP contribution in [0.15, 0.2) is 17.7 Å². The van der Waals surface area contributed by atoms with E-state index in [9.17, 15) is 25.3 Å². The van der Waals surface area contributed by atoms with Crippen molar-refractivity contribution in [1.82, 2.24) is 5.32 Å². The van der Waals surface area contributed by atoms with E-state index in [0.29, 0.717) is 5.92 Å². The molecule has 1 saturated carbocycles. The highest BCUT2D eigenvalue weighted by Gasteiger charge is 2.24. The number of ether oxygens (including phenoxy) is 1. The highest BCUT2D eigenvalue weighted by atomic mass is 16.6. The van der Waals surface area contributed by atoms with Gasteiger partial charge in [0.1, 0.15) is 17.4 Å². The summed E-state index contributed by atoms with van der Waals surface area (Å²) < 4.78 is 4.86. The van der Waals surface area contributed by atoms with Crippen LogP contribution in [0.1, 0.15) is 38.2 Å². The van der Waals surface area contributed by atoms with Crippen molar-refractivity contribution in [3.05, 3.63) is 33.4 Å². The van der Waals surface area contributed by atoms with E-state index >= 15 is 0 Å². The molecule has 0 spiro atoms. The molecule has 0 unspecified atom stereocenters. The van der Waals surface area contributed by atoms with Gasteiger partial charge in [0, 0.05) is 17.9 Å². The van der Waals surface area contributed by atoms with Gasteiger partial charge in [-0.2, -0.15) is 5.26 Å². The third-order valence-electron chi connectivity index (χ3n) is 4.58. The number of hydrogen-bond donors (Lipinski definition) is 1. The van der Waals surface area contributed by atoms with E-state index in [1.165, 1.54) is 19.3 Å². The molecule has 1 N–H and O–H groups in total. The molecule has 0 aromatic heterocycles. The van der Waals surface area contributed by atoms with Crippen molar-refractivity contribution in [3.8, 4) is 17.6 Å². The predicted octanol–water partition coefficient (Wildman–Crippen LogP) is 2.28. The van der Waals surface area contributed by atoms with Crippen LogP contribution in [0.3, 0.4) is 0 Å². The molecule has 8 nitrogen and oxygen atoms in total. The van der Waals surface area contributed by atoms with Gasteiger partial charge in [0.15, 0.2) is 0 Å². The highest BCUT2D eigenvalue weighted by molar-refractivity contribution is 6.02. The second kappa shape index (κ2) is 8.34. The quantitative estimate of drug-likeness (QED) is 0.372. The third kappa shape index (κ3) is 4.30. The normalized spacial score (nSPS) is 20.1. The van der Waals surface area contributed by atoms with Crippen LogP contribution >= 0.6 is 0 Å². The van der Waals surface area contributed by atoms with Crippen LogP contribution in [-0.4, -0.2) is 24.0 Å². The molecule has 138 valence electrons. The molecule has 1 fully saturated rings. The Balaban J connectivity index is 2.30. The molecule has 26 heavy (non-hydrogen) atoms. The number of nitrogens with one attached hydrogen (secondary N) is 1. The maximum Gasteiger partial charge on any atom is 0.266 e. The second-order valence-corrected chi connectivity index (χ2v) is 6.34. The zero-order chi connectivity index (χ0) is 19.3. The average Bonchev–Trinajstić information content (AvgIpc) is 2.62. The lowest BCUT2D eigenvalue weighted by atomic mass is 9.86. The molecule has 8 heteroatoms. The molecule has 1 aromatic carbocycles. The maximum atomic E-state index is 12.4. The Morgan fingerprint density at radius 1 is 1.42 bits per heavy atom. The lowest BCUT2D eigenvalue weighted by Crippen LogP contribution is -2.41. The van der Waals surface area contributed by atoms with Crippen LogP contribution in [0.4, 0.5) is 5.69 Å². The van der Waals surface area contributed by atoms with E-state index in [2.05, 4.69) is 12.2 Å². The van der Waals surface area contributed by atoms with Gasteiger partial charge in [-0.3, -0.25) is 14.9 Å². The van der Waals surface area contributed by atoms with Gasteiger partial charge in [0.05, 0.1) is 12.0 Å². The molecule has 1 aliphatic carbocycles. The van der Waals surface area contributed by atoms with E-state index in [1.54, 1.807) is 0 Å². The number of nitro groups is 1. The van der Waals surface area contributed by atoms with Crippen LogP contribution in [0, 0.1) is 27.4 Å². The second-order valence-electron chi connectivity index (χ2n) is 6.34. The first-order valence-electron chi connectivity index (χ1n) is 8.33. The van der Waals surface area contributed by atoms with Crippen molar-refractivity contribution in [3.63, 3.8) is 0 Å². The van der Waals surface area contributed by atoms with Crippen molar-refractivity contribution in [2.24, 2.45) is 5.92 Å². The van der Waals surface area contributed by atoms with Crippen molar-refractivity contribution in [1.29, 1.82) is 5.26 Å². The number of methoxy groups -OCH3 is 1. The Morgan fingerprint density at radius 2 is 2.12 bits per heavy atom. The van der Waals surface area contributed by atoms with Gasteiger partial charge in [-0.25, -0.2) is 0 Å². The molecule has 0 aliphatic heterocycles. The van der Waals surface area contributed by atoms with Crippen molar-refractivity contribution in [2.45, 2.75) is 38.6 Å². The van der Waals surface area contributed by atoms with E-state index in [0.717, 1.165) is 31.7 Å². The van der Waals surface area contributed by atoms with Gasteiger partial charge in [-0.05, 0) is 36.5 Å². The minimum atomic E-state index is -0.853. The lowest BCUT2D eigenvalue weighted by molar-refractivity contribution is -0.398. The topological polar surface area (TPSA) is 128 Å². The fraction of sp³-hybridized carbons (Fsp3) is 0.444. The summed E-state index contributed by atoms with van der Waals surface area (Å²) in [5.74, 6) is -1.27. The van der Waals surface area contributed by atoms with E-state index in [4.69, 9.17) is 4.74 Å². The van der Waals surface area contributed by atoms with E-state index < -0.39 is 22.3 Å². The molecule has 0 saturated heterocycles. The first-order valence-corrected chi connectivity index (χ1v) is 8.33. The summed E-state index contributed by atoms with van der Waals surface area (Å²) in [5.41, 5.74) is -0.677. The smallest absolute Gasteiger partial charge is 0.266 e. The van der Waals surface area contributed by atoms with Crippen molar-refractivity contribution < 1.29 is 19.6 Å². The monoisotopic (exact) mass is 358 g/mol. The van der Waals surface area contributed by atoms with Gasteiger partial charge in [0.25, 0.3) is 11.6 Å². The minimum Gasteiger partial charge on any atom is -0.865 e. The van der Waals surface area contributed by atoms with Crippen LogP contribution < -0.4 is 15.2 Å². The minimum absolute atomic E-state index is 0.000824. The van der Waals surface area contributed by atoms with Gasteiger partial charge in [-0.15, -0.1) is 0 Å². The summed E-state index contributed by atoms with van der Waals surface area (Å²) in [7, 11) is 1.22. The Bertz CT molecular complexity index is 782. The number of carbonyl (C=O) groups is 1. The largest absolute Gasteiger partial charge is 0.865 e. The molecule has 0 heterocycles. The molecule has 1 aromatic rings. The summed E-state index contributed by atoms with van der Waals surface area (Å²) in [6.07, 6.45) is 5.24. The molecule has 0 radical (unpaired) electrons. The molecule has 0 bridgehead atoms. The number of amides is 1. The Labute approximate surface area is 151 Å². The first kappa shape index (κ1) is 19.2. The van der Waals surface area contributed by atoms with Crippen LogP contribution in [0.5, 0.6) is 11.5 Å². The summed E-state index contributed by atoms with van der Waals surface area (Å²) in [6.45, 7) is 2.06. The first-order chi connectivity index (χ1) is 12.4. The molecule has 1 amide bonds. The molecule has 1 aliphatic rings. The number of carbonyl (C=O) groups excluding carboxylic acids is 1. The Kier molecular flexibility index (Phi) is 6.17. The fourth-order valence-corrected chi connectivity index (χ4v) is 3.07. The van der Waals surface area contributed by atoms with E-state index in [1.807, 2.05) is 6.07 Å². The Hall–Kier alpha value is -3.08. The zero-order valence-electron chi connectivity index (χ0n) is 14.7. The summed E-state index contributed by atoms with van der Waals surface area (Å²) in [4.78, 5) is 22.6. The molecular weight excluding hydrogens is 338 g/mol. The van der Waals surface area contributed by atoms with Crippen molar-refractivity contribution in [2.75, 3.05) is 7.11 Å². The van der Waals surface area contributed by atoms with Crippen LogP contribution in [-0.2, 0) is 4.79 Å². The van der Waals surface area contributed by atoms with Gasteiger partial charge >= 0.3 is 0 Å². The van der Waals surface area contributed by atoms with Gasteiger partial charge in [-0.1, -0.05) is 19.8 Å². The SMILES string of the molecule is COc1cc(/C=C(\C#N)C(=O)N[C@H]2CCCC[C@@H]2C)cc([N+](=O)[O-])c1[O-]. The van der Waals surface area contributed by atoms with Crippen LogP contribution in [0.25, 0.3) is 6.08 Å². The number of nitro benzene ring substituents is 1. The average molecular weight is 358 g/mol. The van der Waals surface area contributed by atoms with Gasteiger partial charge < -0.3 is 15.2 Å². The number of nitrogens with zero attached hydrogens (tertiary/aromatic N) is 2. The number of nitriles is 1. The molecule has 2 atom stereocenters.